The number of nitrogens with one attached hydrogen (secondary N) is 1. The highest BCUT2D eigenvalue weighted by atomic mass is 19.2. The summed E-state index contributed by atoms with van der Waals surface area (Å²) in [6.45, 7) is 1.46. The summed E-state index contributed by atoms with van der Waals surface area (Å²) in [5.41, 5.74) is 9.01. The number of nitrogens with two attached hydrogens (primary N) is 1. The van der Waals surface area contributed by atoms with E-state index < -0.39 is 59.4 Å². The summed E-state index contributed by atoms with van der Waals surface area (Å²) in [4.78, 5) is 32.5. The lowest BCUT2D eigenvalue weighted by Gasteiger charge is -2.30. The van der Waals surface area contributed by atoms with Crippen LogP contribution in [0.25, 0.3) is 0 Å². The van der Waals surface area contributed by atoms with Crippen molar-refractivity contribution in [2.45, 2.75) is 31.6 Å². The van der Waals surface area contributed by atoms with Crippen LogP contribution in [0.2, 0.25) is 0 Å². The van der Waals surface area contributed by atoms with Crippen molar-refractivity contribution in [3.05, 3.63) is 101 Å². The molecule has 0 saturated carbocycles. The van der Waals surface area contributed by atoms with Gasteiger partial charge < -0.3 is 16.0 Å². The first kappa shape index (κ1) is 25.1. The Labute approximate surface area is 206 Å². The van der Waals surface area contributed by atoms with E-state index in [1.807, 2.05) is 54.6 Å². The number of aliphatic imine (C=N–C) groups is 1. The molecule has 36 heavy (non-hydrogen) atoms. The Balaban J connectivity index is 1.61. The molecule has 0 radical (unpaired) electrons. The lowest BCUT2D eigenvalue weighted by atomic mass is 10.00. The summed E-state index contributed by atoms with van der Waals surface area (Å²) < 4.78 is 40.9. The van der Waals surface area contributed by atoms with Crippen molar-refractivity contribution in [2.24, 2.45) is 10.7 Å². The monoisotopic (exact) mass is 494 g/mol. The molecule has 3 aromatic rings. The minimum absolute atomic E-state index is 0.396. The maximum absolute atomic E-state index is 14.0. The molecular formula is C27H25F3N4O2. The first-order valence-electron chi connectivity index (χ1n) is 11.3. The number of Topliss-reactive ketones (excluding diaryl/α,β-unsaturated/α-hetero) is 1. The second kappa shape index (κ2) is 10.3. The molecule has 186 valence electrons. The van der Waals surface area contributed by atoms with E-state index in [1.165, 1.54) is 6.92 Å². The van der Waals surface area contributed by atoms with Gasteiger partial charge in [-0.15, -0.1) is 0 Å². The molecule has 1 aliphatic rings. The smallest absolute Gasteiger partial charge is 0.225 e. The average molecular weight is 495 g/mol. The van der Waals surface area contributed by atoms with Crippen LogP contribution in [0.1, 0.15) is 23.6 Å². The molecule has 0 spiro atoms. The van der Waals surface area contributed by atoms with Gasteiger partial charge in [-0.25, -0.2) is 13.2 Å². The molecule has 1 aliphatic heterocycles. The van der Waals surface area contributed by atoms with Gasteiger partial charge in [-0.1, -0.05) is 48.5 Å². The first-order chi connectivity index (χ1) is 17.2. The van der Waals surface area contributed by atoms with Crippen molar-refractivity contribution in [3.8, 4) is 0 Å². The fourth-order valence-corrected chi connectivity index (χ4v) is 4.23. The second-order valence-corrected chi connectivity index (χ2v) is 8.64. The molecular weight excluding hydrogens is 469 g/mol. The Morgan fingerprint density at radius 3 is 2.44 bits per heavy atom. The molecule has 9 heteroatoms. The molecule has 0 saturated heterocycles. The minimum Gasteiger partial charge on any atom is -0.356 e. The third kappa shape index (κ3) is 5.01. The Kier molecular flexibility index (Phi) is 7.21. The first-order valence-corrected chi connectivity index (χ1v) is 11.3. The molecule has 0 fully saturated rings. The zero-order valence-corrected chi connectivity index (χ0v) is 19.7. The largest absolute Gasteiger partial charge is 0.356 e. The Morgan fingerprint density at radius 2 is 1.72 bits per heavy atom. The van der Waals surface area contributed by atoms with E-state index in [4.69, 9.17) is 10.7 Å². The van der Waals surface area contributed by atoms with Crippen LogP contribution in [0, 0.1) is 17.5 Å². The van der Waals surface area contributed by atoms with Gasteiger partial charge in [0, 0.05) is 35.5 Å². The van der Waals surface area contributed by atoms with E-state index in [1.54, 1.807) is 11.9 Å². The summed E-state index contributed by atoms with van der Waals surface area (Å²) in [6.07, 6.45) is -1.48. The summed E-state index contributed by atoms with van der Waals surface area (Å²) in [5, 5.41) is 2.48. The van der Waals surface area contributed by atoms with Gasteiger partial charge in [0.1, 0.15) is 18.0 Å². The summed E-state index contributed by atoms with van der Waals surface area (Å²) in [6, 6.07) is 15.9. The van der Waals surface area contributed by atoms with Crippen molar-refractivity contribution >= 4 is 23.1 Å². The van der Waals surface area contributed by atoms with Gasteiger partial charge in [-0.2, -0.15) is 0 Å². The van der Waals surface area contributed by atoms with Gasteiger partial charge in [0.15, 0.2) is 17.4 Å². The predicted octanol–water partition coefficient (Wildman–Crippen LogP) is 3.36. The molecule has 6 nitrogen and oxygen atoms in total. The van der Waals surface area contributed by atoms with Crippen LogP contribution in [0.4, 0.5) is 18.9 Å². The molecule has 2 unspecified atom stereocenters. The molecule has 1 heterocycles. The number of hydrogen-bond acceptors (Lipinski definition) is 5. The third-order valence-corrected chi connectivity index (χ3v) is 6.14. The number of para-hydroxylation sites is 1. The maximum atomic E-state index is 14.0. The number of anilines is 1. The summed E-state index contributed by atoms with van der Waals surface area (Å²) in [7, 11) is 1.76. The van der Waals surface area contributed by atoms with E-state index >= 15 is 0 Å². The highest BCUT2D eigenvalue weighted by Gasteiger charge is 2.36. The van der Waals surface area contributed by atoms with Crippen molar-refractivity contribution in [1.29, 1.82) is 0 Å². The Morgan fingerprint density at radius 1 is 1.06 bits per heavy atom. The molecule has 1 amide bonds. The number of fused-ring (bicyclic) bond motifs is 1. The zero-order chi connectivity index (χ0) is 26.0. The third-order valence-electron chi connectivity index (χ3n) is 6.14. The van der Waals surface area contributed by atoms with E-state index in [2.05, 4.69) is 5.32 Å². The second-order valence-electron chi connectivity index (χ2n) is 8.64. The molecule has 3 aromatic carbocycles. The van der Waals surface area contributed by atoms with Gasteiger partial charge in [0.25, 0.3) is 0 Å². The number of ketones is 1. The lowest BCUT2D eigenvalue weighted by Crippen LogP contribution is -2.55. The number of carbonyl (C=O) groups excluding carboxylic acids is 2. The fraction of sp³-hybridized carbons (Fsp3) is 0.222. The van der Waals surface area contributed by atoms with Crippen LogP contribution < -0.4 is 16.0 Å². The minimum atomic E-state index is -1.39. The molecule has 4 rings (SSSR count). The number of carbonyl (C=O) groups is 2. The topological polar surface area (TPSA) is 87.8 Å². The van der Waals surface area contributed by atoms with E-state index in [9.17, 15) is 22.8 Å². The van der Waals surface area contributed by atoms with Crippen LogP contribution in [-0.4, -0.2) is 42.7 Å². The van der Waals surface area contributed by atoms with Gasteiger partial charge in [-0.3, -0.25) is 14.6 Å². The normalized spacial score (nSPS) is 18.1. The van der Waals surface area contributed by atoms with E-state index in [0.717, 1.165) is 22.9 Å². The molecule has 0 aliphatic carbocycles. The van der Waals surface area contributed by atoms with Crippen molar-refractivity contribution in [2.75, 3.05) is 11.9 Å². The zero-order valence-electron chi connectivity index (χ0n) is 19.7. The quantitative estimate of drug-likeness (QED) is 0.515. The number of amides is 1. The standard InChI is InChI=1S/C27H25F3N4O2/c1-15(32-22(35)13-17-12-18(28)14-20(29)23(17)30)26(36)25-27(31)34(2)21-11-7-6-10-19(21)24(33-25)16-8-4-3-5-9-16/h3-12,14-15,25,27H,13,31H2,1-2H3,(H,32,35)/t15?,25?,27-/m0/s1. The summed E-state index contributed by atoms with van der Waals surface area (Å²) in [5.74, 6) is -4.94. The van der Waals surface area contributed by atoms with Crippen LogP contribution in [0.3, 0.4) is 0 Å². The highest BCUT2D eigenvalue weighted by Crippen LogP contribution is 2.29. The van der Waals surface area contributed by atoms with Crippen molar-refractivity contribution in [3.63, 3.8) is 0 Å². The predicted molar refractivity (Wildman–Crippen MR) is 131 cm³/mol. The number of rotatable bonds is 6. The maximum Gasteiger partial charge on any atom is 0.225 e. The van der Waals surface area contributed by atoms with Gasteiger partial charge in [0.05, 0.1) is 18.2 Å². The van der Waals surface area contributed by atoms with Crippen molar-refractivity contribution in [1.82, 2.24) is 5.32 Å². The Bertz CT molecular complexity index is 1330. The van der Waals surface area contributed by atoms with Crippen molar-refractivity contribution < 1.29 is 22.8 Å². The van der Waals surface area contributed by atoms with E-state index in [-0.39, 0.29) is 0 Å². The van der Waals surface area contributed by atoms with Gasteiger partial charge >= 0.3 is 0 Å². The van der Waals surface area contributed by atoms with Crippen LogP contribution in [0.5, 0.6) is 0 Å². The highest BCUT2D eigenvalue weighted by molar-refractivity contribution is 6.17. The average Bonchev–Trinajstić information content (AvgIpc) is 2.97. The number of benzodiazepines with no additional fused rings is 1. The SMILES string of the molecule is CC(NC(=O)Cc1cc(F)cc(F)c1F)C(=O)C1N=C(c2ccccc2)c2ccccc2N(C)[C@@H]1N. The van der Waals surface area contributed by atoms with E-state index in [0.29, 0.717) is 11.8 Å². The van der Waals surface area contributed by atoms with Crippen LogP contribution in [0.15, 0.2) is 71.7 Å². The van der Waals surface area contributed by atoms with Crippen LogP contribution in [-0.2, 0) is 16.0 Å². The fourth-order valence-electron chi connectivity index (χ4n) is 4.23. The molecule has 3 atom stereocenters. The number of likely N-dealkylation sites (N-methyl/N-ethyl adjacent to an activating group) is 1. The Hall–Kier alpha value is -3.98. The molecule has 0 aromatic heterocycles. The molecule has 3 N–H and O–H groups in total. The lowest BCUT2D eigenvalue weighted by molar-refractivity contribution is -0.128. The van der Waals surface area contributed by atoms with Gasteiger partial charge in [-0.05, 0) is 19.1 Å². The number of nitrogens with zero attached hydrogens (tertiary/aromatic N) is 2. The molecule has 0 bridgehead atoms. The number of benzene rings is 3. The van der Waals surface area contributed by atoms with Crippen LogP contribution >= 0.6 is 0 Å². The summed E-state index contributed by atoms with van der Waals surface area (Å²) >= 11 is 0. The van der Waals surface area contributed by atoms with Gasteiger partial charge in [0.2, 0.25) is 5.91 Å². The number of halogens is 3. The number of hydrogen-bond donors (Lipinski definition) is 2.